The van der Waals surface area contributed by atoms with Gasteiger partial charge in [0.25, 0.3) is 0 Å². The molecule has 4 nitrogen and oxygen atoms in total. The van der Waals surface area contributed by atoms with Crippen molar-refractivity contribution in [2.45, 2.75) is 45.4 Å². The SMILES string of the molecule is CC1CCCCC1CNC(=O)N1CCC(CO)CC1. The van der Waals surface area contributed by atoms with Crippen molar-refractivity contribution in [1.29, 1.82) is 0 Å². The minimum atomic E-state index is 0.0918. The molecule has 2 atom stereocenters. The average molecular weight is 268 g/mol. The van der Waals surface area contributed by atoms with Crippen LogP contribution < -0.4 is 5.32 Å². The molecule has 1 aliphatic carbocycles. The van der Waals surface area contributed by atoms with Gasteiger partial charge in [-0.1, -0.05) is 26.2 Å². The van der Waals surface area contributed by atoms with Gasteiger partial charge in [0.05, 0.1) is 0 Å². The molecule has 0 aromatic carbocycles. The fourth-order valence-corrected chi connectivity index (χ4v) is 3.35. The number of aliphatic hydroxyl groups excluding tert-OH is 1. The summed E-state index contributed by atoms with van der Waals surface area (Å²) in [5, 5.41) is 12.2. The molecule has 2 aliphatic rings. The number of nitrogens with one attached hydrogen (secondary N) is 1. The predicted octanol–water partition coefficient (Wildman–Crippen LogP) is 2.23. The molecular weight excluding hydrogens is 240 g/mol. The zero-order valence-corrected chi connectivity index (χ0v) is 12.1. The summed E-state index contributed by atoms with van der Waals surface area (Å²) in [7, 11) is 0. The number of amides is 2. The van der Waals surface area contributed by atoms with Gasteiger partial charge in [-0.3, -0.25) is 0 Å². The number of nitrogens with zero attached hydrogens (tertiary/aromatic N) is 1. The van der Waals surface area contributed by atoms with Crippen molar-refractivity contribution in [3.63, 3.8) is 0 Å². The standard InChI is InChI=1S/C15H28N2O2/c1-12-4-2-3-5-14(12)10-16-15(19)17-8-6-13(11-18)7-9-17/h12-14,18H,2-11H2,1H3,(H,16,19). The van der Waals surface area contributed by atoms with Crippen molar-refractivity contribution in [3.8, 4) is 0 Å². The number of urea groups is 1. The van der Waals surface area contributed by atoms with Crippen LogP contribution in [0.15, 0.2) is 0 Å². The molecule has 1 heterocycles. The Morgan fingerprint density at radius 3 is 2.53 bits per heavy atom. The van der Waals surface area contributed by atoms with Crippen molar-refractivity contribution in [2.24, 2.45) is 17.8 Å². The highest BCUT2D eigenvalue weighted by Gasteiger charge is 2.25. The van der Waals surface area contributed by atoms with Gasteiger partial charge in [0.15, 0.2) is 0 Å². The van der Waals surface area contributed by atoms with Crippen LogP contribution in [0.2, 0.25) is 0 Å². The van der Waals surface area contributed by atoms with E-state index in [-0.39, 0.29) is 12.6 Å². The van der Waals surface area contributed by atoms with E-state index < -0.39 is 0 Å². The van der Waals surface area contributed by atoms with Crippen molar-refractivity contribution >= 4 is 6.03 Å². The first kappa shape index (κ1) is 14.6. The maximum atomic E-state index is 12.1. The normalized spacial score (nSPS) is 29.3. The van der Waals surface area contributed by atoms with E-state index in [1.807, 2.05) is 4.90 Å². The Balaban J connectivity index is 1.69. The number of rotatable bonds is 3. The summed E-state index contributed by atoms with van der Waals surface area (Å²) in [6.07, 6.45) is 7.09. The van der Waals surface area contributed by atoms with Crippen molar-refractivity contribution in [3.05, 3.63) is 0 Å². The van der Waals surface area contributed by atoms with E-state index in [1.54, 1.807) is 0 Å². The number of hydrogen-bond donors (Lipinski definition) is 2. The summed E-state index contributed by atoms with van der Waals surface area (Å²) in [4.78, 5) is 14.0. The number of carbonyl (C=O) groups is 1. The van der Waals surface area contributed by atoms with Gasteiger partial charge < -0.3 is 15.3 Å². The molecule has 2 amide bonds. The lowest BCUT2D eigenvalue weighted by Gasteiger charge is -2.33. The van der Waals surface area contributed by atoms with E-state index in [2.05, 4.69) is 12.2 Å². The van der Waals surface area contributed by atoms with Gasteiger partial charge in [0.1, 0.15) is 0 Å². The van der Waals surface area contributed by atoms with E-state index in [0.717, 1.165) is 38.4 Å². The van der Waals surface area contributed by atoms with Crippen LogP contribution in [-0.2, 0) is 0 Å². The molecule has 2 rings (SSSR count). The zero-order valence-electron chi connectivity index (χ0n) is 12.1. The Bertz CT molecular complexity index is 288. The fourth-order valence-electron chi connectivity index (χ4n) is 3.35. The largest absolute Gasteiger partial charge is 0.396 e. The quantitative estimate of drug-likeness (QED) is 0.824. The van der Waals surface area contributed by atoms with E-state index in [9.17, 15) is 4.79 Å². The lowest BCUT2D eigenvalue weighted by molar-refractivity contribution is 0.135. The lowest BCUT2D eigenvalue weighted by atomic mass is 9.80. The second kappa shape index (κ2) is 7.13. The van der Waals surface area contributed by atoms with Crippen LogP contribution in [0, 0.1) is 17.8 Å². The summed E-state index contributed by atoms with van der Waals surface area (Å²) in [6, 6.07) is 0.0918. The first-order valence-corrected chi connectivity index (χ1v) is 7.84. The highest BCUT2D eigenvalue weighted by atomic mass is 16.3. The summed E-state index contributed by atoms with van der Waals surface area (Å²) in [5.41, 5.74) is 0. The maximum absolute atomic E-state index is 12.1. The highest BCUT2D eigenvalue weighted by Crippen LogP contribution is 2.28. The molecule has 1 saturated carbocycles. The van der Waals surface area contributed by atoms with Gasteiger partial charge in [0.2, 0.25) is 0 Å². The summed E-state index contributed by atoms with van der Waals surface area (Å²) in [5.74, 6) is 1.80. The van der Waals surface area contributed by atoms with Gasteiger partial charge in [-0.05, 0) is 37.0 Å². The number of likely N-dealkylation sites (tertiary alicyclic amines) is 1. The van der Waals surface area contributed by atoms with Gasteiger partial charge in [-0.2, -0.15) is 0 Å². The highest BCUT2D eigenvalue weighted by molar-refractivity contribution is 5.74. The van der Waals surface area contributed by atoms with Gasteiger partial charge in [0, 0.05) is 26.2 Å². The lowest BCUT2D eigenvalue weighted by Crippen LogP contribution is -2.46. The van der Waals surface area contributed by atoms with Gasteiger partial charge >= 0.3 is 6.03 Å². The van der Waals surface area contributed by atoms with Crippen LogP contribution in [0.3, 0.4) is 0 Å². The number of hydrogen-bond acceptors (Lipinski definition) is 2. The van der Waals surface area contributed by atoms with E-state index in [4.69, 9.17) is 5.11 Å². The number of aliphatic hydroxyl groups is 1. The van der Waals surface area contributed by atoms with Crippen LogP contribution in [0.1, 0.15) is 45.4 Å². The summed E-state index contributed by atoms with van der Waals surface area (Å²) < 4.78 is 0. The van der Waals surface area contributed by atoms with Crippen LogP contribution in [0.4, 0.5) is 4.79 Å². The monoisotopic (exact) mass is 268 g/mol. The summed E-state index contributed by atoms with van der Waals surface area (Å²) in [6.45, 7) is 4.98. The number of carbonyl (C=O) groups excluding carboxylic acids is 1. The van der Waals surface area contributed by atoms with Crippen molar-refractivity contribution in [1.82, 2.24) is 10.2 Å². The Labute approximate surface area is 116 Å². The second-order valence-corrected chi connectivity index (χ2v) is 6.32. The van der Waals surface area contributed by atoms with Gasteiger partial charge in [-0.25, -0.2) is 4.79 Å². The molecule has 1 saturated heterocycles. The smallest absolute Gasteiger partial charge is 0.317 e. The van der Waals surface area contributed by atoms with Gasteiger partial charge in [-0.15, -0.1) is 0 Å². The molecular formula is C15H28N2O2. The number of piperidine rings is 1. The first-order chi connectivity index (χ1) is 9.20. The van der Waals surface area contributed by atoms with E-state index >= 15 is 0 Å². The van der Waals surface area contributed by atoms with Crippen molar-refractivity contribution < 1.29 is 9.90 Å². The Morgan fingerprint density at radius 1 is 1.21 bits per heavy atom. The Hall–Kier alpha value is -0.770. The van der Waals surface area contributed by atoms with Crippen LogP contribution in [0.5, 0.6) is 0 Å². The second-order valence-electron chi connectivity index (χ2n) is 6.32. The Morgan fingerprint density at radius 2 is 1.89 bits per heavy atom. The predicted molar refractivity (Wildman–Crippen MR) is 75.9 cm³/mol. The van der Waals surface area contributed by atoms with E-state index in [1.165, 1.54) is 25.7 Å². The summed E-state index contributed by atoms with van der Waals surface area (Å²) >= 11 is 0. The molecule has 2 fully saturated rings. The van der Waals surface area contributed by atoms with Crippen LogP contribution >= 0.6 is 0 Å². The first-order valence-electron chi connectivity index (χ1n) is 7.84. The van der Waals surface area contributed by atoms with Crippen molar-refractivity contribution in [2.75, 3.05) is 26.2 Å². The molecule has 1 aliphatic heterocycles. The molecule has 0 aromatic heterocycles. The zero-order chi connectivity index (χ0) is 13.7. The molecule has 110 valence electrons. The van der Waals surface area contributed by atoms with E-state index in [0.29, 0.717) is 11.8 Å². The Kier molecular flexibility index (Phi) is 5.49. The molecule has 0 bridgehead atoms. The molecule has 2 N–H and O–H groups in total. The molecule has 0 spiro atoms. The minimum absolute atomic E-state index is 0.0918. The maximum Gasteiger partial charge on any atom is 0.317 e. The molecule has 0 radical (unpaired) electrons. The molecule has 19 heavy (non-hydrogen) atoms. The molecule has 4 heteroatoms. The molecule has 2 unspecified atom stereocenters. The van der Waals surface area contributed by atoms with Crippen LogP contribution in [0.25, 0.3) is 0 Å². The third-order valence-electron chi connectivity index (χ3n) is 4.96. The fraction of sp³-hybridized carbons (Fsp3) is 0.933. The minimum Gasteiger partial charge on any atom is -0.396 e. The third kappa shape index (κ3) is 4.10. The average Bonchev–Trinajstić information content (AvgIpc) is 2.46. The molecule has 0 aromatic rings. The topological polar surface area (TPSA) is 52.6 Å². The third-order valence-corrected chi connectivity index (χ3v) is 4.96. The van der Waals surface area contributed by atoms with Crippen LogP contribution in [-0.4, -0.2) is 42.3 Å².